The molecule has 56 heavy (non-hydrogen) atoms. The van der Waals surface area contributed by atoms with Crippen molar-refractivity contribution in [1.82, 2.24) is 0 Å². The quantitative estimate of drug-likeness (QED) is 0.0771. The lowest BCUT2D eigenvalue weighted by atomic mass is 9.94. The van der Waals surface area contributed by atoms with E-state index in [0.717, 1.165) is 64.0 Å². The largest absolute Gasteiger partial charge is 0.493 e. The molecule has 280 valence electrons. The Bertz CT molecular complexity index is 2320. The molecule has 0 unspecified atom stereocenters. The molecule has 0 N–H and O–H groups in total. The Hall–Kier alpha value is -6.32. The summed E-state index contributed by atoms with van der Waals surface area (Å²) in [7, 11) is 0. The van der Waals surface area contributed by atoms with Crippen molar-refractivity contribution in [3.8, 4) is 5.75 Å². The first-order valence-corrected chi connectivity index (χ1v) is 20.0. The van der Waals surface area contributed by atoms with Crippen molar-refractivity contribution in [1.29, 1.82) is 0 Å². The summed E-state index contributed by atoms with van der Waals surface area (Å²) in [6.45, 7) is 9.48. The van der Waals surface area contributed by atoms with Gasteiger partial charge in [-0.3, -0.25) is 0 Å². The van der Waals surface area contributed by atoms with E-state index < -0.39 is 0 Å². The van der Waals surface area contributed by atoms with Crippen LogP contribution in [-0.2, 0) is 0 Å². The van der Waals surface area contributed by atoms with Crippen molar-refractivity contribution in [2.45, 2.75) is 53.4 Å². The second-order valence-electron chi connectivity index (χ2n) is 14.3. The van der Waals surface area contributed by atoms with Crippen LogP contribution in [0, 0.1) is 13.8 Å². The molecule has 3 heteroatoms. The van der Waals surface area contributed by atoms with Crippen LogP contribution in [0.2, 0.25) is 0 Å². The summed E-state index contributed by atoms with van der Waals surface area (Å²) in [6.07, 6.45) is 13.7. The third kappa shape index (κ3) is 8.48. The first kappa shape index (κ1) is 38.0. The van der Waals surface area contributed by atoms with Gasteiger partial charge in [-0.2, -0.15) is 0 Å². The molecule has 3 nitrogen and oxygen atoms in total. The minimum atomic E-state index is 0.733. The van der Waals surface area contributed by atoms with Gasteiger partial charge in [-0.15, -0.1) is 0 Å². The molecule has 0 amide bonds. The molecule has 7 rings (SSSR count). The van der Waals surface area contributed by atoms with Gasteiger partial charge < -0.3 is 14.5 Å². The third-order valence-corrected chi connectivity index (χ3v) is 10.3. The number of hydrogen-bond donors (Lipinski definition) is 0. The van der Waals surface area contributed by atoms with Gasteiger partial charge in [0.1, 0.15) is 5.75 Å². The first-order chi connectivity index (χ1) is 27.6. The van der Waals surface area contributed by atoms with Crippen LogP contribution in [0.15, 0.2) is 164 Å². The number of unbranched alkanes of at least 4 members (excludes halogenated alkanes) is 3. The number of benzene rings is 7. The van der Waals surface area contributed by atoms with Crippen LogP contribution in [0.4, 0.5) is 34.1 Å². The Kier molecular flexibility index (Phi) is 12.4. The second kappa shape index (κ2) is 18.3. The first-order valence-electron chi connectivity index (χ1n) is 20.0. The van der Waals surface area contributed by atoms with E-state index in [-0.39, 0.29) is 0 Å². The monoisotopic (exact) mass is 732 g/mol. The molecule has 0 radical (unpaired) electrons. The molecule has 0 atom stereocenters. The normalized spacial score (nSPS) is 11.4. The Morgan fingerprint density at radius 1 is 0.464 bits per heavy atom. The van der Waals surface area contributed by atoms with Gasteiger partial charge in [-0.05, 0) is 116 Å². The van der Waals surface area contributed by atoms with Crippen molar-refractivity contribution >= 4 is 63.1 Å². The van der Waals surface area contributed by atoms with E-state index >= 15 is 0 Å². The van der Waals surface area contributed by atoms with Gasteiger partial charge in [0.15, 0.2) is 0 Å². The number of allylic oxidation sites excluding steroid dienone is 1. The summed E-state index contributed by atoms with van der Waals surface area (Å²) in [6, 6.07) is 56.2. The number of para-hydroxylation sites is 4. The van der Waals surface area contributed by atoms with E-state index in [0.29, 0.717) is 0 Å². The summed E-state index contributed by atoms with van der Waals surface area (Å²) in [5, 5.41) is 2.43. The van der Waals surface area contributed by atoms with E-state index in [1.807, 2.05) is 0 Å². The van der Waals surface area contributed by atoms with Gasteiger partial charge >= 0.3 is 0 Å². The van der Waals surface area contributed by atoms with Crippen molar-refractivity contribution in [3.05, 3.63) is 192 Å². The molecule has 0 saturated carbocycles. The molecule has 7 aromatic rings. The number of nitrogens with zero attached hydrogens (tertiary/aromatic N) is 2. The number of rotatable bonds is 15. The number of ether oxygens (including phenoxy) is 1. The lowest BCUT2D eigenvalue weighted by molar-refractivity contribution is 0.308. The highest BCUT2D eigenvalue weighted by molar-refractivity contribution is 6.01. The fraction of sp³-hybridized carbons (Fsp3) is 0.170. The van der Waals surface area contributed by atoms with E-state index in [9.17, 15) is 0 Å². The van der Waals surface area contributed by atoms with Gasteiger partial charge in [0.25, 0.3) is 0 Å². The molecule has 0 saturated heterocycles. The van der Waals surface area contributed by atoms with Crippen LogP contribution in [0.25, 0.3) is 29.0 Å². The van der Waals surface area contributed by atoms with E-state index in [1.165, 1.54) is 46.7 Å². The van der Waals surface area contributed by atoms with Crippen molar-refractivity contribution in [3.63, 3.8) is 0 Å². The minimum absolute atomic E-state index is 0.733. The lowest BCUT2D eigenvalue weighted by Crippen LogP contribution is -2.15. The predicted molar refractivity (Wildman–Crippen MR) is 243 cm³/mol. The Balaban J connectivity index is 1.46. The van der Waals surface area contributed by atoms with Crippen LogP contribution in [-0.4, -0.2) is 6.61 Å². The van der Waals surface area contributed by atoms with Crippen molar-refractivity contribution in [2.24, 2.45) is 0 Å². The zero-order valence-corrected chi connectivity index (χ0v) is 33.2. The molecule has 0 spiro atoms. The Labute approximate surface area is 333 Å². The van der Waals surface area contributed by atoms with Gasteiger partial charge in [0.2, 0.25) is 0 Å². The van der Waals surface area contributed by atoms with E-state index in [2.05, 4.69) is 220 Å². The zero-order valence-electron chi connectivity index (χ0n) is 33.2. The van der Waals surface area contributed by atoms with Gasteiger partial charge in [-0.1, -0.05) is 141 Å². The summed E-state index contributed by atoms with van der Waals surface area (Å²) < 4.78 is 6.49. The summed E-state index contributed by atoms with van der Waals surface area (Å²) in [4.78, 5) is 4.73. The van der Waals surface area contributed by atoms with Crippen LogP contribution >= 0.6 is 0 Å². The maximum absolute atomic E-state index is 6.49. The smallest absolute Gasteiger partial charge is 0.127 e. The molecule has 0 heterocycles. The third-order valence-electron chi connectivity index (χ3n) is 10.3. The standard InChI is InChI=1S/C53H52N2O/c1-5-7-8-21-37-56-51-36-35-42(52-40(3)31-32-41(4)53(51)52)33-34-44-39-49(54(45-23-13-9-14-24-45)46-25-15-10-16-26-46)43(22-6-2)38-50(44)55(47-27-17-11-18-28-47)48-29-19-12-20-30-48/h6,9-20,22-36,38-39H,5,7-8,21,37H2,1-4H3/b22-6+,34-33+. The van der Waals surface area contributed by atoms with Crippen LogP contribution < -0.4 is 14.5 Å². The van der Waals surface area contributed by atoms with E-state index in [1.54, 1.807) is 0 Å². The molecule has 0 aliphatic carbocycles. The molecule has 7 aromatic carbocycles. The average molecular weight is 733 g/mol. The van der Waals surface area contributed by atoms with E-state index in [4.69, 9.17) is 4.74 Å². The summed E-state index contributed by atoms with van der Waals surface area (Å²) in [5.74, 6) is 0.967. The topological polar surface area (TPSA) is 15.7 Å². The van der Waals surface area contributed by atoms with Crippen LogP contribution in [0.3, 0.4) is 0 Å². The number of aryl methyl sites for hydroxylation is 2. The van der Waals surface area contributed by atoms with Gasteiger partial charge in [0, 0.05) is 39.3 Å². The maximum atomic E-state index is 6.49. The molecule has 0 bridgehead atoms. The van der Waals surface area contributed by atoms with Gasteiger partial charge in [-0.25, -0.2) is 0 Å². The number of fused-ring (bicyclic) bond motifs is 1. The molecular formula is C53H52N2O. The molecule has 0 aliphatic rings. The SMILES string of the molecule is C/C=C/c1cc(N(c2ccccc2)c2ccccc2)c(/C=C/c2ccc(OCCCCCC)c3c(C)ccc(C)c23)cc1N(c1ccccc1)c1ccccc1. The Morgan fingerprint density at radius 3 is 1.38 bits per heavy atom. The van der Waals surface area contributed by atoms with Gasteiger partial charge in [0.05, 0.1) is 18.0 Å². The number of hydrogen-bond acceptors (Lipinski definition) is 3. The second-order valence-corrected chi connectivity index (χ2v) is 14.3. The average Bonchev–Trinajstić information content (AvgIpc) is 3.24. The summed E-state index contributed by atoms with van der Waals surface area (Å²) >= 11 is 0. The highest BCUT2D eigenvalue weighted by Gasteiger charge is 2.22. The maximum Gasteiger partial charge on any atom is 0.127 e. The van der Waals surface area contributed by atoms with Crippen molar-refractivity contribution in [2.75, 3.05) is 16.4 Å². The van der Waals surface area contributed by atoms with Crippen molar-refractivity contribution < 1.29 is 4.74 Å². The summed E-state index contributed by atoms with van der Waals surface area (Å²) in [5.41, 5.74) is 12.4. The Morgan fingerprint density at radius 2 is 0.911 bits per heavy atom. The number of anilines is 6. The highest BCUT2D eigenvalue weighted by Crippen LogP contribution is 2.45. The van der Waals surface area contributed by atoms with Crippen LogP contribution in [0.1, 0.15) is 67.3 Å². The molecule has 0 fully saturated rings. The molecular weight excluding hydrogens is 681 g/mol. The molecule has 0 aromatic heterocycles. The zero-order chi connectivity index (χ0) is 38.7. The highest BCUT2D eigenvalue weighted by atomic mass is 16.5. The lowest BCUT2D eigenvalue weighted by Gasteiger charge is -2.31. The predicted octanol–water partition coefficient (Wildman–Crippen LogP) is 15.6. The fourth-order valence-electron chi connectivity index (χ4n) is 7.59. The van der Waals surface area contributed by atoms with Crippen LogP contribution in [0.5, 0.6) is 5.75 Å². The molecule has 0 aliphatic heterocycles. The fourth-order valence-corrected chi connectivity index (χ4v) is 7.59. The minimum Gasteiger partial charge on any atom is -0.493 e.